The van der Waals surface area contributed by atoms with Gasteiger partial charge in [0.25, 0.3) is 0 Å². The van der Waals surface area contributed by atoms with Crippen molar-refractivity contribution in [1.29, 1.82) is 0 Å². The normalized spacial score (nSPS) is 18.3. The second-order valence-electron chi connectivity index (χ2n) is 6.15. The predicted molar refractivity (Wildman–Crippen MR) is 112 cm³/mol. The van der Waals surface area contributed by atoms with Gasteiger partial charge < -0.3 is 15.4 Å². The van der Waals surface area contributed by atoms with E-state index in [0.717, 1.165) is 11.8 Å². The first-order chi connectivity index (χ1) is 14.0. The summed E-state index contributed by atoms with van der Waals surface area (Å²) in [4.78, 5) is 24.4. The van der Waals surface area contributed by atoms with Crippen LogP contribution in [0.1, 0.15) is 18.9 Å². The van der Waals surface area contributed by atoms with Crippen LogP contribution in [0, 0.1) is 5.82 Å². The fourth-order valence-corrected chi connectivity index (χ4v) is 3.48. The average Bonchev–Trinajstić information content (AvgIpc) is 2.72. The van der Waals surface area contributed by atoms with E-state index >= 15 is 0 Å². The van der Waals surface area contributed by atoms with Crippen LogP contribution in [0.3, 0.4) is 0 Å². The highest BCUT2D eigenvalue weighted by molar-refractivity contribution is 8.15. The lowest BCUT2D eigenvalue weighted by Crippen LogP contribution is -2.41. The number of hydrogen-bond acceptors (Lipinski definition) is 6. The summed E-state index contributed by atoms with van der Waals surface area (Å²) in [5.74, 6) is -0.985. The SMILES string of the molecule is COc1ccc(/C(C)=N/N=C2\NC(=O)CC(C(=O)Nc3ccccc3)S2)cc1F. The van der Waals surface area contributed by atoms with Crippen molar-refractivity contribution in [1.82, 2.24) is 5.32 Å². The number of amides is 2. The van der Waals surface area contributed by atoms with Crippen molar-refractivity contribution in [2.24, 2.45) is 10.2 Å². The van der Waals surface area contributed by atoms with Crippen LogP contribution < -0.4 is 15.4 Å². The summed E-state index contributed by atoms with van der Waals surface area (Å²) in [5.41, 5.74) is 1.63. The fourth-order valence-electron chi connectivity index (χ4n) is 2.55. The molecule has 7 nitrogen and oxygen atoms in total. The standard InChI is InChI=1S/C20H19FN4O3S/c1-12(13-8-9-16(28-2)15(21)10-13)24-25-20-23-18(26)11-17(29-20)19(27)22-14-6-4-3-5-7-14/h3-10,17H,11H2,1-2H3,(H,22,27)(H,23,25,26)/b24-12+. The van der Waals surface area contributed by atoms with Crippen molar-refractivity contribution in [3.05, 3.63) is 59.9 Å². The fraction of sp³-hybridized carbons (Fsp3) is 0.200. The highest BCUT2D eigenvalue weighted by Gasteiger charge is 2.30. The van der Waals surface area contributed by atoms with Crippen LogP contribution in [-0.2, 0) is 9.59 Å². The number of anilines is 1. The number of hydrogen-bond donors (Lipinski definition) is 2. The molecule has 1 fully saturated rings. The maximum atomic E-state index is 13.9. The Morgan fingerprint density at radius 2 is 2.03 bits per heavy atom. The molecule has 2 N–H and O–H groups in total. The molecule has 0 radical (unpaired) electrons. The Morgan fingerprint density at radius 3 is 2.72 bits per heavy atom. The van der Waals surface area contributed by atoms with Gasteiger partial charge in [-0.1, -0.05) is 30.0 Å². The number of carbonyl (C=O) groups excluding carboxylic acids is 2. The molecular formula is C20H19FN4O3S. The molecule has 2 aromatic carbocycles. The topological polar surface area (TPSA) is 92.2 Å². The highest BCUT2D eigenvalue weighted by Crippen LogP contribution is 2.23. The lowest BCUT2D eigenvalue weighted by atomic mass is 10.1. The van der Waals surface area contributed by atoms with Crippen molar-refractivity contribution >= 4 is 40.1 Å². The van der Waals surface area contributed by atoms with Crippen molar-refractivity contribution in [3.63, 3.8) is 0 Å². The van der Waals surface area contributed by atoms with Crippen LogP contribution in [0.15, 0.2) is 58.7 Å². The summed E-state index contributed by atoms with van der Waals surface area (Å²) in [6.45, 7) is 1.67. The van der Waals surface area contributed by atoms with Gasteiger partial charge in [-0.2, -0.15) is 5.10 Å². The largest absolute Gasteiger partial charge is 0.494 e. The Morgan fingerprint density at radius 1 is 1.28 bits per heavy atom. The number of halogens is 1. The second-order valence-corrected chi connectivity index (χ2v) is 7.35. The van der Waals surface area contributed by atoms with E-state index in [4.69, 9.17) is 4.74 Å². The van der Waals surface area contributed by atoms with Gasteiger partial charge in [-0.05, 0) is 37.3 Å². The molecule has 0 saturated carbocycles. The predicted octanol–water partition coefficient (Wildman–Crippen LogP) is 3.17. The first-order valence-electron chi connectivity index (χ1n) is 8.75. The maximum Gasteiger partial charge on any atom is 0.238 e. The number of rotatable bonds is 5. The summed E-state index contributed by atoms with van der Waals surface area (Å²) < 4.78 is 18.7. The zero-order valence-electron chi connectivity index (χ0n) is 15.8. The van der Waals surface area contributed by atoms with Gasteiger partial charge in [-0.15, -0.1) is 5.10 Å². The Hall–Kier alpha value is -3.20. The Kier molecular flexibility index (Phi) is 6.61. The molecule has 29 heavy (non-hydrogen) atoms. The third-order valence-corrected chi connectivity index (χ3v) is 5.14. The van der Waals surface area contributed by atoms with E-state index in [9.17, 15) is 14.0 Å². The van der Waals surface area contributed by atoms with E-state index in [2.05, 4.69) is 20.8 Å². The summed E-state index contributed by atoms with van der Waals surface area (Å²) in [6.07, 6.45) is 0.0364. The molecule has 3 rings (SSSR count). The molecule has 150 valence electrons. The maximum absolute atomic E-state index is 13.9. The number of ether oxygens (including phenoxy) is 1. The molecule has 1 aliphatic heterocycles. The van der Waals surface area contributed by atoms with Gasteiger partial charge in [0.2, 0.25) is 11.8 Å². The second kappa shape index (κ2) is 9.33. The van der Waals surface area contributed by atoms with Gasteiger partial charge in [0.1, 0.15) is 5.25 Å². The smallest absolute Gasteiger partial charge is 0.238 e. The van der Waals surface area contributed by atoms with Crippen LogP contribution in [-0.4, -0.2) is 35.1 Å². The average molecular weight is 414 g/mol. The van der Waals surface area contributed by atoms with Crippen molar-refractivity contribution in [2.75, 3.05) is 12.4 Å². The number of nitrogens with zero attached hydrogens (tertiary/aromatic N) is 2. The zero-order valence-corrected chi connectivity index (χ0v) is 16.6. The Bertz CT molecular complexity index is 979. The molecule has 0 bridgehead atoms. The van der Waals surface area contributed by atoms with Crippen molar-refractivity contribution in [2.45, 2.75) is 18.6 Å². The molecule has 0 aromatic heterocycles. The molecule has 1 aliphatic rings. The summed E-state index contributed by atoms with van der Waals surface area (Å²) in [6, 6.07) is 13.4. The molecule has 1 atom stereocenters. The highest BCUT2D eigenvalue weighted by atomic mass is 32.2. The summed E-state index contributed by atoms with van der Waals surface area (Å²) >= 11 is 1.11. The number of thioether (sulfide) groups is 1. The molecule has 1 heterocycles. The molecule has 9 heteroatoms. The molecule has 0 aliphatic carbocycles. The quantitative estimate of drug-likeness (QED) is 0.581. The molecule has 2 aromatic rings. The first kappa shape index (κ1) is 20.5. The van der Waals surface area contributed by atoms with Gasteiger partial charge in [-0.3, -0.25) is 9.59 Å². The minimum atomic E-state index is -0.628. The molecule has 1 unspecified atom stereocenters. The lowest BCUT2D eigenvalue weighted by molar-refractivity contribution is -0.123. The van der Waals surface area contributed by atoms with Gasteiger partial charge in [-0.25, -0.2) is 4.39 Å². The van der Waals surface area contributed by atoms with E-state index < -0.39 is 11.1 Å². The van der Waals surface area contributed by atoms with Crippen LogP contribution in [0.5, 0.6) is 5.75 Å². The molecular weight excluding hydrogens is 395 g/mol. The van der Waals surface area contributed by atoms with Gasteiger partial charge in [0, 0.05) is 17.7 Å². The number of carbonyl (C=O) groups is 2. The zero-order chi connectivity index (χ0) is 20.8. The number of amidine groups is 1. The van der Waals surface area contributed by atoms with E-state index in [1.165, 1.54) is 19.2 Å². The van der Waals surface area contributed by atoms with Crippen LogP contribution in [0.4, 0.5) is 10.1 Å². The Labute approximate surface area is 171 Å². The minimum absolute atomic E-state index is 0.0364. The van der Waals surface area contributed by atoms with Crippen LogP contribution >= 0.6 is 11.8 Å². The van der Waals surface area contributed by atoms with Crippen LogP contribution in [0.25, 0.3) is 0 Å². The number of para-hydroxylation sites is 1. The van der Waals surface area contributed by atoms with E-state index in [1.807, 2.05) is 18.2 Å². The number of nitrogens with one attached hydrogen (secondary N) is 2. The van der Waals surface area contributed by atoms with Gasteiger partial charge >= 0.3 is 0 Å². The Balaban J connectivity index is 1.71. The van der Waals surface area contributed by atoms with E-state index in [-0.39, 0.29) is 29.2 Å². The summed E-state index contributed by atoms with van der Waals surface area (Å²) in [5, 5.41) is 13.0. The lowest BCUT2D eigenvalue weighted by Gasteiger charge is -2.21. The summed E-state index contributed by atoms with van der Waals surface area (Å²) in [7, 11) is 1.39. The minimum Gasteiger partial charge on any atom is -0.494 e. The number of methoxy groups -OCH3 is 1. The van der Waals surface area contributed by atoms with E-state index in [1.54, 1.807) is 25.1 Å². The number of benzene rings is 2. The third-order valence-electron chi connectivity index (χ3n) is 4.07. The van der Waals surface area contributed by atoms with Gasteiger partial charge in [0.05, 0.1) is 12.8 Å². The third kappa shape index (κ3) is 5.41. The van der Waals surface area contributed by atoms with Crippen molar-refractivity contribution < 1.29 is 18.7 Å². The van der Waals surface area contributed by atoms with Gasteiger partial charge in [0.15, 0.2) is 16.7 Å². The molecule has 0 spiro atoms. The first-order valence-corrected chi connectivity index (χ1v) is 9.63. The van der Waals surface area contributed by atoms with E-state index in [0.29, 0.717) is 17.0 Å². The monoisotopic (exact) mass is 414 g/mol. The van der Waals surface area contributed by atoms with Crippen molar-refractivity contribution in [3.8, 4) is 5.75 Å². The van der Waals surface area contributed by atoms with Crippen LogP contribution in [0.2, 0.25) is 0 Å². The molecule has 1 saturated heterocycles. The molecule has 2 amide bonds.